The summed E-state index contributed by atoms with van der Waals surface area (Å²) in [5.74, 6) is 0.392. The number of nitrogens with one attached hydrogen (secondary N) is 1. The van der Waals surface area contributed by atoms with Gasteiger partial charge in [-0.15, -0.1) is 0 Å². The maximum atomic E-state index is 14.5. The maximum absolute atomic E-state index is 14.5. The lowest BCUT2D eigenvalue weighted by Gasteiger charge is -2.65. The van der Waals surface area contributed by atoms with Crippen LogP contribution in [-0.2, 0) is 20.7 Å². The molecule has 0 rings (SSSR count). The van der Waals surface area contributed by atoms with E-state index in [-0.39, 0.29) is 39.5 Å². The van der Waals surface area contributed by atoms with Crippen molar-refractivity contribution in [3.05, 3.63) is 0 Å². The zero-order valence-electron chi connectivity index (χ0n) is 36.6. The predicted octanol–water partition coefficient (Wildman–Crippen LogP) is 8.58. The number of hydrogen-bond donors (Lipinski definition) is 3. The number of carbonyl (C=O) groups is 2. The molecule has 0 heterocycles. The lowest BCUT2D eigenvalue weighted by molar-refractivity contribution is -0.891. The number of rotatable bonds is 21. The summed E-state index contributed by atoms with van der Waals surface area (Å²) in [5, 5.41) is 12.6. The third-order valence-corrected chi connectivity index (χ3v) is 14.9. The van der Waals surface area contributed by atoms with Gasteiger partial charge in [0.1, 0.15) is 0 Å². The standard InChI is InChI=1S/C41H83N3O5S/c1-31(32(36(5,6)7)23-27-43(17,18)26-22-28-50(48)49)37(8,9)38(10,11)39(12,13)40(14,15)41(16,30-35(2,3)4)34(47)42-24-21-25-44(19,20)29-33(45)46/h31-32H,21-30H2,1-20H3,(H-2,42,45,46,47,48,49)/p+2. The van der Waals surface area contributed by atoms with E-state index in [1.165, 1.54) is 0 Å². The van der Waals surface area contributed by atoms with E-state index in [9.17, 15) is 23.5 Å². The van der Waals surface area contributed by atoms with Crippen molar-refractivity contribution < 1.29 is 32.4 Å². The fourth-order valence-electron chi connectivity index (χ4n) is 8.99. The fourth-order valence-corrected chi connectivity index (χ4v) is 9.37. The molecular weight excluding hydrogens is 647 g/mol. The van der Waals surface area contributed by atoms with Gasteiger partial charge in [0.05, 0.1) is 59.0 Å². The van der Waals surface area contributed by atoms with E-state index in [1.807, 2.05) is 14.1 Å². The summed E-state index contributed by atoms with van der Waals surface area (Å²) in [6.45, 7) is 40.7. The van der Waals surface area contributed by atoms with Gasteiger partial charge in [-0.1, -0.05) is 111 Å². The molecule has 0 aliphatic heterocycles. The molecule has 4 atom stereocenters. The zero-order chi connectivity index (χ0) is 40.2. The van der Waals surface area contributed by atoms with Crippen molar-refractivity contribution >= 4 is 23.0 Å². The van der Waals surface area contributed by atoms with Crippen LogP contribution in [-0.4, -0.2) is 101 Å². The minimum absolute atomic E-state index is 0.0565. The molecule has 0 saturated carbocycles. The monoisotopic (exact) mass is 732 g/mol. The van der Waals surface area contributed by atoms with Crippen LogP contribution in [0.15, 0.2) is 0 Å². The maximum Gasteiger partial charge on any atom is 0.359 e. The number of aliphatic carboxylic acids is 1. The minimum atomic E-state index is -1.75. The largest absolute Gasteiger partial charge is 0.477 e. The molecule has 8 nitrogen and oxygen atoms in total. The second-order valence-corrected chi connectivity index (χ2v) is 22.9. The fraction of sp³-hybridized carbons (Fsp3) is 0.951. The van der Waals surface area contributed by atoms with Crippen molar-refractivity contribution in [2.24, 2.45) is 49.7 Å². The van der Waals surface area contributed by atoms with Gasteiger partial charge in [0, 0.05) is 25.8 Å². The van der Waals surface area contributed by atoms with Crippen molar-refractivity contribution in [3.8, 4) is 0 Å². The lowest BCUT2D eigenvalue weighted by Crippen LogP contribution is -2.62. The summed E-state index contributed by atoms with van der Waals surface area (Å²) >= 11 is -1.75. The summed E-state index contributed by atoms with van der Waals surface area (Å²) in [6.07, 6.45) is 3.24. The highest BCUT2D eigenvalue weighted by Crippen LogP contribution is 2.68. The topological polar surface area (TPSA) is 104 Å². The number of amides is 1. The molecule has 298 valence electrons. The van der Waals surface area contributed by atoms with Gasteiger partial charge in [-0.25, -0.2) is 9.00 Å². The van der Waals surface area contributed by atoms with Gasteiger partial charge < -0.3 is 23.9 Å². The third-order valence-electron chi connectivity index (χ3n) is 14.3. The lowest BCUT2D eigenvalue weighted by atomic mass is 9.39. The predicted molar refractivity (Wildman–Crippen MR) is 213 cm³/mol. The zero-order valence-corrected chi connectivity index (χ0v) is 37.5. The summed E-state index contributed by atoms with van der Waals surface area (Å²) < 4.78 is 21.8. The molecule has 0 bridgehead atoms. The third kappa shape index (κ3) is 12.5. The Morgan fingerprint density at radius 3 is 1.62 bits per heavy atom. The Hall–Kier alpha value is -1.03. The Labute approximate surface area is 312 Å². The average Bonchev–Trinajstić information content (AvgIpc) is 2.87. The molecule has 0 aliphatic rings. The summed E-state index contributed by atoms with van der Waals surface area (Å²) in [5.41, 5.74) is -1.69. The minimum Gasteiger partial charge on any atom is -0.477 e. The molecule has 3 N–H and O–H groups in total. The van der Waals surface area contributed by atoms with Crippen LogP contribution < -0.4 is 5.32 Å². The highest BCUT2D eigenvalue weighted by molar-refractivity contribution is 7.79. The summed E-state index contributed by atoms with van der Waals surface area (Å²) in [7, 11) is 8.32. The first-order valence-corrected chi connectivity index (χ1v) is 20.4. The molecule has 0 spiro atoms. The quantitative estimate of drug-likeness (QED) is 0.0624. The molecule has 1 amide bonds. The Balaban J connectivity index is 6.63. The summed E-state index contributed by atoms with van der Waals surface area (Å²) in [6, 6.07) is 0. The summed E-state index contributed by atoms with van der Waals surface area (Å²) in [4.78, 5) is 25.9. The van der Waals surface area contributed by atoms with Crippen molar-refractivity contribution in [3.63, 3.8) is 0 Å². The van der Waals surface area contributed by atoms with Crippen molar-refractivity contribution in [2.45, 2.75) is 136 Å². The van der Waals surface area contributed by atoms with Crippen molar-refractivity contribution in [1.82, 2.24) is 5.32 Å². The van der Waals surface area contributed by atoms with Crippen molar-refractivity contribution in [2.75, 3.05) is 66.7 Å². The van der Waals surface area contributed by atoms with E-state index in [0.29, 0.717) is 41.6 Å². The van der Waals surface area contributed by atoms with Crippen LogP contribution in [0.3, 0.4) is 0 Å². The van der Waals surface area contributed by atoms with E-state index in [4.69, 9.17) is 0 Å². The Kier molecular flexibility index (Phi) is 16.6. The number of quaternary nitrogens is 2. The van der Waals surface area contributed by atoms with Crippen LogP contribution in [0.2, 0.25) is 0 Å². The van der Waals surface area contributed by atoms with E-state index in [2.05, 4.69) is 130 Å². The van der Waals surface area contributed by atoms with E-state index in [1.54, 1.807) is 0 Å². The second-order valence-electron chi connectivity index (χ2n) is 21.8. The molecule has 0 aromatic carbocycles. The number of carbonyl (C=O) groups excluding carboxylic acids is 1. The molecule has 9 heteroatoms. The van der Waals surface area contributed by atoms with Crippen LogP contribution in [0.5, 0.6) is 0 Å². The van der Waals surface area contributed by atoms with E-state index >= 15 is 0 Å². The van der Waals surface area contributed by atoms with Crippen molar-refractivity contribution in [1.29, 1.82) is 0 Å². The molecule has 0 aliphatic carbocycles. The van der Waals surface area contributed by atoms with Gasteiger partial charge in [0.25, 0.3) is 0 Å². The molecular formula is C41H85N3O5S+2. The van der Waals surface area contributed by atoms with Gasteiger partial charge in [0.2, 0.25) is 5.91 Å². The molecule has 0 aromatic rings. The highest BCUT2D eigenvalue weighted by atomic mass is 32.2. The normalized spacial score (nSPS) is 17.5. The van der Waals surface area contributed by atoms with E-state index in [0.717, 1.165) is 36.8 Å². The van der Waals surface area contributed by atoms with Crippen LogP contribution in [0, 0.1) is 49.7 Å². The number of nitrogens with zero attached hydrogens (tertiary/aromatic N) is 2. The molecule has 0 aromatic heterocycles. The first-order chi connectivity index (χ1) is 21.9. The van der Waals surface area contributed by atoms with Gasteiger partial charge in [-0.05, 0) is 50.7 Å². The van der Waals surface area contributed by atoms with Gasteiger partial charge in [0.15, 0.2) is 17.6 Å². The SMILES string of the molecule is CC(C(CC[N+](C)(C)CCCS(=O)O)C(C)(C)C)C(C)(C)C(C)(C)C(C)(C)C(C)(C)C(C)(CC(C)(C)C)C(=O)NCCC[N+](C)(C)CC(=O)O. The Morgan fingerprint density at radius 2 is 1.20 bits per heavy atom. The smallest absolute Gasteiger partial charge is 0.359 e. The van der Waals surface area contributed by atoms with Gasteiger partial charge in [-0.2, -0.15) is 0 Å². The molecule has 0 radical (unpaired) electrons. The van der Waals surface area contributed by atoms with Crippen LogP contribution in [0.4, 0.5) is 0 Å². The molecule has 0 fully saturated rings. The number of carboxylic acids is 1. The Bertz CT molecular complexity index is 1140. The Morgan fingerprint density at radius 1 is 0.720 bits per heavy atom. The van der Waals surface area contributed by atoms with Crippen LogP contribution in [0.25, 0.3) is 0 Å². The second kappa shape index (κ2) is 17.0. The van der Waals surface area contributed by atoms with Gasteiger partial charge in [-0.3, -0.25) is 4.79 Å². The van der Waals surface area contributed by atoms with E-state index < -0.39 is 27.9 Å². The first-order valence-electron chi connectivity index (χ1n) is 19.1. The molecule has 0 saturated heterocycles. The molecule has 50 heavy (non-hydrogen) atoms. The number of likely N-dealkylation sites (N-methyl/N-ethyl adjacent to an activating group) is 1. The first kappa shape index (κ1) is 49.0. The highest BCUT2D eigenvalue weighted by Gasteiger charge is 2.63. The number of carboxylic acid groups (broad SMARTS) is 1. The van der Waals surface area contributed by atoms with Gasteiger partial charge >= 0.3 is 5.97 Å². The number of hydrogen-bond acceptors (Lipinski definition) is 3. The average molecular weight is 732 g/mol. The van der Waals surface area contributed by atoms with Crippen LogP contribution >= 0.6 is 0 Å². The molecule has 4 unspecified atom stereocenters. The van der Waals surface area contributed by atoms with Crippen LogP contribution in [0.1, 0.15) is 136 Å².